The van der Waals surface area contributed by atoms with Crippen molar-refractivity contribution in [1.82, 2.24) is 0 Å². The smallest absolute Gasteiger partial charge is 0.0153 e. The van der Waals surface area contributed by atoms with Crippen LogP contribution >= 0.6 is 0 Å². The van der Waals surface area contributed by atoms with Gasteiger partial charge in [0.2, 0.25) is 0 Å². The van der Waals surface area contributed by atoms with E-state index >= 15 is 0 Å². The fourth-order valence-electron chi connectivity index (χ4n) is 3.97. The van der Waals surface area contributed by atoms with E-state index in [4.69, 9.17) is 0 Å². The van der Waals surface area contributed by atoms with Crippen LogP contribution in [0.25, 0.3) is 11.6 Å². The van der Waals surface area contributed by atoms with Gasteiger partial charge in [-0.15, -0.1) is 0 Å². The molecule has 2 aromatic carbocycles. The first-order chi connectivity index (χ1) is 9.81. The van der Waals surface area contributed by atoms with E-state index in [1.807, 2.05) is 0 Å². The first-order valence-corrected chi connectivity index (χ1v) is 7.69. The van der Waals surface area contributed by atoms with E-state index in [9.17, 15) is 0 Å². The van der Waals surface area contributed by atoms with Crippen LogP contribution in [0.15, 0.2) is 48.5 Å². The molecule has 0 aliphatic heterocycles. The van der Waals surface area contributed by atoms with Crippen molar-refractivity contribution in [1.29, 1.82) is 0 Å². The minimum atomic E-state index is 0.847. The second kappa shape index (κ2) is 4.63. The third-order valence-electron chi connectivity index (χ3n) is 5.04. The van der Waals surface area contributed by atoms with Gasteiger partial charge < -0.3 is 0 Å². The minimum absolute atomic E-state index is 0.847. The normalized spacial score (nSPS) is 23.9. The molecule has 20 heavy (non-hydrogen) atoms. The molecule has 0 saturated heterocycles. The maximum atomic E-state index is 2.45. The topological polar surface area (TPSA) is 0 Å². The molecule has 0 heteroatoms. The lowest BCUT2D eigenvalue weighted by molar-refractivity contribution is 0.717. The average molecular weight is 260 g/mol. The predicted octanol–water partition coefficient (Wildman–Crippen LogP) is 5.61. The summed E-state index contributed by atoms with van der Waals surface area (Å²) in [5, 5.41) is 0. The molecule has 0 amide bonds. The van der Waals surface area contributed by atoms with Crippen molar-refractivity contribution in [3.63, 3.8) is 0 Å². The molecule has 100 valence electrons. The van der Waals surface area contributed by atoms with Gasteiger partial charge in [0.1, 0.15) is 0 Å². The van der Waals surface area contributed by atoms with Crippen molar-refractivity contribution < 1.29 is 0 Å². The molecule has 0 radical (unpaired) electrons. The molecule has 0 spiro atoms. The maximum Gasteiger partial charge on any atom is -0.0153 e. The summed E-state index contributed by atoms with van der Waals surface area (Å²) in [6.45, 7) is 2.22. The zero-order chi connectivity index (χ0) is 13.5. The Balaban J connectivity index is 1.70. The highest BCUT2D eigenvalue weighted by Gasteiger charge is 2.36. The Labute approximate surface area is 121 Å². The quantitative estimate of drug-likeness (QED) is 0.615. The fourth-order valence-corrected chi connectivity index (χ4v) is 3.97. The van der Waals surface area contributed by atoms with Gasteiger partial charge in [0.05, 0.1) is 0 Å². The third-order valence-corrected chi connectivity index (χ3v) is 5.04. The molecule has 0 N–H and O–H groups in total. The first kappa shape index (κ1) is 12.0. The van der Waals surface area contributed by atoms with Crippen molar-refractivity contribution in [2.45, 2.75) is 38.0 Å². The van der Waals surface area contributed by atoms with Gasteiger partial charge in [0.25, 0.3) is 0 Å². The van der Waals surface area contributed by atoms with E-state index in [1.54, 1.807) is 11.1 Å². The molecule has 1 saturated carbocycles. The summed E-state index contributed by atoms with van der Waals surface area (Å²) >= 11 is 0. The maximum absolute atomic E-state index is 2.45. The van der Waals surface area contributed by atoms with Crippen LogP contribution in [0.2, 0.25) is 0 Å². The Morgan fingerprint density at radius 3 is 2.50 bits per heavy atom. The lowest BCUT2D eigenvalue weighted by Crippen LogP contribution is -1.98. The first-order valence-electron chi connectivity index (χ1n) is 7.69. The molecule has 1 fully saturated rings. The average Bonchev–Trinajstić information content (AvgIpc) is 3.10. The summed E-state index contributed by atoms with van der Waals surface area (Å²) in [7, 11) is 0. The Hall–Kier alpha value is -1.82. The van der Waals surface area contributed by atoms with Crippen LogP contribution < -0.4 is 0 Å². The van der Waals surface area contributed by atoms with Crippen molar-refractivity contribution in [2.24, 2.45) is 0 Å². The standard InChI is InChI=1S/C20H20/c1-14(11-15-5-3-2-4-6-15)16-9-10-19-17-7-8-18(12-17)20(19)13-16/h2-6,9-11,13,17-18H,7-8,12H2,1H3/b14-11-. The summed E-state index contributed by atoms with van der Waals surface area (Å²) in [5.41, 5.74) is 7.31. The minimum Gasteiger partial charge on any atom is -0.0622 e. The van der Waals surface area contributed by atoms with Gasteiger partial charge in [0.15, 0.2) is 0 Å². The van der Waals surface area contributed by atoms with Gasteiger partial charge in [0, 0.05) is 0 Å². The highest BCUT2D eigenvalue weighted by atomic mass is 14.4. The van der Waals surface area contributed by atoms with E-state index in [0.717, 1.165) is 11.8 Å². The van der Waals surface area contributed by atoms with Gasteiger partial charge in [-0.2, -0.15) is 0 Å². The highest BCUT2D eigenvalue weighted by Crippen LogP contribution is 2.53. The van der Waals surface area contributed by atoms with Crippen LogP contribution in [-0.2, 0) is 0 Å². The summed E-state index contributed by atoms with van der Waals surface area (Å²) in [4.78, 5) is 0. The number of rotatable bonds is 2. The lowest BCUT2D eigenvalue weighted by atomic mass is 9.89. The van der Waals surface area contributed by atoms with Crippen molar-refractivity contribution >= 4 is 11.6 Å². The Morgan fingerprint density at radius 1 is 0.950 bits per heavy atom. The monoisotopic (exact) mass is 260 g/mol. The lowest BCUT2D eigenvalue weighted by Gasteiger charge is -2.16. The molecule has 2 aliphatic carbocycles. The number of allylic oxidation sites excluding steroid dienone is 1. The summed E-state index contributed by atoms with van der Waals surface area (Å²) in [6, 6.07) is 17.7. The van der Waals surface area contributed by atoms with Gasteiger partial charge in [-0.25, -0.2) is 0 Å². The van der Waals surface area contributed by atoms with E-state index < -0.39 is 0 Å². The predicted molar refractivity (Wildman–Crippen MR) is 85.8 cm³/mol. The highest BCUT2D eigenvalue weighted by molar-refractivity contribution is 5.80. The van der Waals surface area contributed by atoms with Crippen LogP contribution in [0.5, 0.6) is 0 Å². The number of hydrogen-bond donors (Lipinski definition) is 0. The van der Waals surface area contributed by atoms with E-state index in [0.29, 0.717) is 0 Å². The molecule has 2 aliphatic rings. The van der Waals surface area contributed by atoms with Crippen molar-refractivity contribution in [3.8, 4) is 0 Å². The summed E-state index contributed by atoms with van der Waals surface area (Å²) < 4.78 is 0. The summed E-state index contributed by atoms with van der Waals surface area (Å²) in [5.74, 6) is 1.71. The fraction of sp³-hybridized carbons (Fsp3) is 0.300. The molecule has 2 aromatic rings. The largest absolute Gasteiger partial charge is 0.0622 e. The van der Waals surface area contributed by atoms with Gasteiger partial charge in [-0.1, -0.05) is 54.6 Å². The number of benzene rings is 2. The van der Waals surface area contributed by atoms with Gasteiger partial charge in [-0.05, 0) is 65.8 Å². The molecule has 2 unspecified atom stereocenters. The zero-order valence-corrected chi connectivity index (χ0v) is 12.0. The van der Waals surface area contributed by atoms with Crippen molar-refractivity contribution in [3.05, 3.63) is 70.8 Å². The second-order valence-electron chi connectivity index (χ2n) is 6.29. The van der Waals surface area contributed by atoms with Crippen molar-refractivity contribution in [2.75, 3.05) is 0 Å². The number of fused-ring (bicyclic) bond motifs is 5. The molecular weight excluding hydrogens is 240 g/mol. The van der Waals surface area contributed by atoms with Crippen LogP contribution in [-0.4, -0.2) is 0 Å². The van der Waals surface area contributed by atoms with Crippen LogP contribution in [0.3, 0.4) is 0 Å². The van der Waals surface area contributed by atoms with E-state index in [1.165, 1.54) is 36.0 Å². The molecule has 0 aromatic heterocycles. The zero-order valence-electron chi connectivity index (χ0n) is 12.0. The summed E-state index contributed by atoms with van der Waals surface area (Å²) in [6.07, 6.45) is 6.51. The Morgan fingerprint density at radius 2 is 1.70 bits per heavy atom. The van der Waals surface area contributed by atoms with Gasteiger partial charge in [-0.3, -0.25) is 0 Å². The molecule has 0 nitrogen and oxygen atoms in total. The van der Waals surface area contributed by atoms with Gasteiger partial charge >= 0.3 is 0 Å². The SMILES string of the molecule is C/C(=C/c1ccccc1)c1ccc2c(c1)C1CCC2C1. The molecular formula is C20H20. The molecule has 4 rings (SSSR count). The third kappa shape index (κ3) is 1.91. The Kier molecular flexibility index (Phi) is 2.77. The van der Waals surface area contributed by atoms with E-state index in [2.05, 4.69) is 61.5 Å². The molecule has 2 atom stereocenters. The number of hydrogen-bond acceptors (Lipinski definition) is 0. The van der Waals surface area contributed by atoms with E-state index in [-0.39, 0.29) is 0 Å². The van der Waals surface area contributed by atoms with Crippen LogP contribution in [0.1, 0.15) is 60.3 Å². The Bertz CT molecular complexity index is 664. The van der Waals surface area contributed by atoms with Crippen LogP contribution in [0.4, 0.5) is 0 Å². The molecule has 0 heterocycles. The molecule has 2 bridgehead atoms. The second-order valence-corrected chi connectivity index (χ2v) is 6.29. The van der Waals surface area contributed by atoms with Crippen LogP contribution in [0, 0.1) is 0 Å².